The van der Waals surface area contributed by atoms with Crippen molar-refractivity contribution < 1.29 is 13.3 Å². The van der Waals surface area contributed by atoms with E-state index in [9.17, 15) is 13.2 Å². The van der Waals surface area contributed by atoms with Gasteiger partial charge >= 0.3 is 0 Å². The Hall–Kier alpha value is -3.92. The van der Waals surface area contributed by atoms with E-state index in [2.05, 4.69) is 20.0 Å². The Morgan fingerprint density at radius 3 is 2.49 bits per heavy atom. The third-order valence-electron chi connectivity index (χ3n) is 5.41. The molecule has 0 bridgehead atoms. The lowest BCUT2D eigenvalue weighted by molar-refractivity contribution is 0.108. The Labute approximate surface area is 203 Å². The summed E-state index contributed by atoms with van der Waals surface area (Å²) in [5, 5.41) is 3.99. The van der Waals surface area contributed by atoms with E-state index in [4.69, 9.17) is 4.84 Å². The number of aryl methyl sites for hydroxylation is 1. The number of fused-ring (bicyclic) bond motifs is 1. The van der Waals surface area contributed by atoms with Crippen LogP contribution in [0.3, 0.4) is 0 Å². The molecule has 9 nitrogen and oxygen atoms in total. The lowest BCUT2D eigenvalue weighted by Gasteiger charge is -2.15. The van der Waals surface area contributed by atoms with Gasteiger partial charge in [0.2, 0.25) is 0 Å². The first-order chi connectivity index (χ1) is 16.9. The fourth-order valence-corrected chi connectivity index (χ4v) is 4.63. The van der Waals surface area contributed by atoms with Crippen molar-refractivity contribution in [2.45, 2.75) is 38.1 Å². The van der Waals surface area contributed by atoms with Crippen LogP contribution in [-0.4, -0.2) is 29.7 Å². The summed E-state index contributed by atoms with van der Waals surface area (Å²) in [5.74, 6) is 0. The van der Waals surface area contributed by atoms with Gasteiger partial charge in [0.1, 0.15) is 12.9 Å². The van der Waals surface area contributed by atoms with E-state index in [1.165, 1.54) is 17.1 Å². The van der Waals surface area contributed by atoms with Gasteiger partial charge in [0, 0.05) is 18.3 Å². The molecule has 0 saturated heterocycles. The van der Waals surface area contributed by atoms with Gasteiger partial charge in [0.25, 0.3) is 15.6 Å². The van der Waals surface area contributed by atoms with Gasteiger partial charge in [0.05, 0.1) is 21.7 Å². The molecule has 2 heterocycles. The molecule has 0 amide bonds. The van der Waals surface area contributed by atoms with Crippen LogP contribution in [0, 0.1) is 6.92 Å². The van der Waals surface area contributed by atoms with Crippen LogP contribution >= 0.6 is 0 Å². The van der Waals surface area contributed by atoms with E-state index in [0.717, 1.165) is 24.1 Å². The first-order valence-corrected chi connectivity index (χ1v) is 12.8. The minimum atomic E-state index is -3.66. The standard InChI is InChI=1S/C25H27N5O4S/c1-3-4-14-34-30-23(31)15-22(24-18(2)27-17-28-25(24)30)26-16-19-10-12-20(13-11-19)29-35(32,33)21-8-6-5-7-9-21/h5-13,15,17,26,29H,3-4,14,16H2,1-2H3. The fraction of sp³-hybridized carbons (Fsp3) is 0.240. The molecule has 0 fully saturated rings. The molecule has 0 aliphatic carbocycles. The third-order valence-corrected chi connectivity index (χ3v) is 6.80. The highest BCUT2D eigenvalue weighted by atomic mass is 32.2. The topological polar surface area (TPSA) is 115 Å². The van der Waals surface area contributed by atoms with Crippen molar-refractivity contribution in [3.63, 3.8) is 0 Å². The zero-order valence-corrected chi connectivity index (χ0v) is 20.4. The number of anilines is 2. The number of hydrogen-bond donors (Lipinski definition) is 2. The average molecular weight is 494 g/mol. The Bertz CT molecular complexity index is 1470. The van der Waals surface area contributed by atoms with Crippen LogP contribution in [0.4, 0.5) is 11.4 Å². The lowest BCUT2D eigenvalue weighted by Crippen LogP contribution is -2.29. The molecular formula is C25H27N5O4S. The molecule has 10 heteroatoms. The van der Waals surface area contributed by atoms with Gasteiger partial charge in [0.15, 0.2) is 5.65 Å². The third kappa shape index (κ3) is 5.60. The van der Waals surface area contributed by atoms with Crippen LogP contribution in [0.15, 0.2) is 76.7 Å². The normalized spacial score (nSPS) is 11.4. The minimum Gasteiger partial charge on any atom is -0.409 e. The summed E-state index contributed by atoms with van der Waals surface area (Å²) in [6.45, 7) is 4.73. The van der Waals surface area contributed by atoms with Crippen molar-refractivity contribution in [2.75, 3.05) is 16.6 Å². The van der Waals surface area contributed by atoms with Crippen LogP contribution in [-0.2, 0) is 16.6 Å². The van der Waals surface area contributed by atoms with Gasteiger partial charge in [-0.15, -0.1) is 4.73 Å². The molecule has 2 N–H and O–H groups in total. The summed E-state index contributed by atoms with van der Waals surface area (Å²) in [6.07, 6.45) is 3.19. The van der Waals surface area contributed by atoms with Crippen LogP contribution in [0.5, 0.6) is 0 Å². The van der Waals surface area contributed by atoms with Gasteiger partial charge in [-0.2, -0.15) is 0 Å². The summed E-state index contributed by atoms with van der Waals surface area (Å²) >= 11 is 0. The summed E-state index contributed by atoms with van der Waals surface area (Å²) < 4.78 is 28.8. The lowest BCUT2D eigenvalue weighted by atomic mass is 10.2. The Morgan fingerprint density at radius 2 is 1.77 bits per heavy atom. The zero-order valence-electron chi connectivity index (χ0n) is 19.6. The molecule has 0 aliphatic rings. The number of benzene rings is 2. The van der Waals surface area contributed by atoms with E-state index in [0.29, 0.717) is 35.6 Å². The number of unbranched alkanes of at least 4 members (excludes halogenated alkanes) is 1. The zero-order chi connectivity index (χ0) is 24.8. The number of nitrogens with one attached hydrogen (secondary N) is 2. The first-order valence-electron chi connectivity index (χ1n) is 11.3. The van der Waals surface area contributed by atoms with Crippen LogP contribution in [0.25, 0.3) is 11.0 Å². The largest absolute Gasteiger partial charge is 0.409 e. The molecule has 0 saturated carbocycles. The smallest absolute Gasteiger partial charge is 0.287 e. The van der Waals surface area contributed by atoms with Crippen LogP contribution in [0.1, 0.15) is 31.0 Å². The molecule has 0 spiro atoms. The summed E-state index contributed by atoms with van der Waals surface area (Å²) in [6, 6.07) is 16.7. The quantitative estimate of drug-likeness (QED) is 0.323. The Morgan fingerprint density at radius 1 is 1.03 bits per heavy atom. The van der Waals surface area contributed by atoms with Crippen molar-refractivity contribution in [3.05, 3.63) is 88.6 Å². The monoisotopic (exact) mass is 493 g/mol. The van der Waals surface area contributed by atoms with Crippen LogP contribution in [0.2, 0.25) is 0 Å². The number of nitrogens with zero attached hydrogens (tertiary/aromatic N) is 3. The van der Waals surface area contributed by atoms with Crippen LogP contribution < -0.4 is 20.4 Å². The predicted octanol–water partition coefficient (Wildman–Crippen LogP) is 3.74. The molecule has 0 radical (unpaired) electrons. The van der Waals surface area contributed by atoms with Gasteiger partial charge < -0.3 is 10.2 Å². The fourth-order valence-electron chi connectivity index (χ4n) is 3.56. The van der Waals surface area contributed by atoms with Gasteiger partial charge in [-0.1, -0.05) is 43.7 Å². The molecule has 4 rings (SSSR count). The first kappa shape index (κ1) is 24.2. The molecule has 0 atom stereocenters. The number of hydrogen-bond acceptors (Lipinski definition) is 7. The van der Waals surface area contributed by atoms with E-state index in [1.807, 2.05) is 26.0 Å². The van der Waals surface area contributed by atoms with Crippen molar-refractivity contribution in [1.82, 2.24) is 14.7 Å². The molecule has 0 aliphatic heterocycles. The van der Waals surface area contributed by atoms with Crippen molar-refractivity contribution in [3.8, 4) is 0 Å². The number of pyridine rings is 1. The number of rotatable bonds is 10. The predicted molar refractivity (Wildman–Crippen MR) is 136 cm³/mol. The van der Waals surface area contributed by atoms with Gasteiger partial charge in [-0.3, -0.25) is 9.52 Å². The number of sulfonamides is 1. The van der Waals surface area contributed by atoms with E-state index in [-0.39, 0.29) is 10.5 Å². The molecule has 182 valence electrons. The van der Waals surface area contributed by atoms with E-state index < -0.39 is 10.0 Å². The second-order valence-electron chi connectivity index (χ2n) is 8.00. The molecule has 0 unspecified atom stereocenters. The van der Waals surface area contributed by atoms with Crippen molar-refractivity contribution in [1.29, 1.82) is 0 Å². The van der Waals surface area contributed by atoms with E-state index >= 15 is 0 Å². The van der Waals surface area contributed by atoms with Crippen molar-refractivity contribution >= 4 is 32.4 Å². The number of aromatic nitrogens is 3. The van der Waals surface area contributed by atoms with Gasteiger partial charge in [-0.05, 0) is 43.2 Å². The molecule has 2 aromatic carbocycles. The summed E-state index contributed by atoms with van der Waals surface area (Å²) in [5.41, 5.74) is 2.77. The van der Waals surface area contributed by atoms with Gasteiger partial charge in [-0.25, -0.2) is 18.4 Å². The Balaban J connectivity index is 1.52. The maximum atomic E-state index is 12.7. The average Bonchev–Trinajstić information content (AvgIpc) is 2.85. The maximum Gasteiger partial charge on any atom is 0.287 e. The summed E-state index contributed by atoms with van der Waals surface area (Å²) in [4.78, 5) is 27.2. The molecular weight excluding hydrogens is 466 g/mol. The SMILES string of the molecule is CCCCOn1c(=O)cc(NCc2ccc(NS(=O)(=O)c3ccccc3)cc2)c2c(C)ncnc21. The second kappa shape index (κ2) is 10.6. The highest BCUT2D eigenvalue weighted by molar-refractivity contribution is 7.92. The molecule has 2 aromatic heterocycles. The minimum absolute atomic E-state index is 0.198. The Kier molecular flexibility index (Phi) is 7.31. The van der Waals surface area contributed by atoms with Crippen molar-refractivity contribution in [2.24, 2.45) is 0 Å². The summed E-state index contributed by atoms with van der Waals surface area (Å²) in [7, 11) is -3.66. The second-order valence-corrected chi connectivity index (χ2v) is 9.69. The highest BCUT2D eigenvalue weighted by Gasteiger charge is 2.15. The molecule has 4 aromatic rings. The highest BCUT2D eigenvalue weighted by Crippen LogP contribution is 2.23. The maximum absolute atomic E-state index is 12.7. The van der Waals surface area contributed by atoms with E-state index in [1.54, 1.807) is 42.5 Å². The molecule has 35 heavy (non-hydrogen) atoms.